The highest BCUT2D eigenvalue weighted by Gasteiger charge is 2.35. The van der Waals surface area contributed by atoms with Crippen LogP contribution in [0.4, 0.5) is 0 Å². The first-order valence-electron chi connectivity index (χ1n) is 11.0. The number of hydrogen-bond acceptors (Lipinski definition) is 3. The normalized spacial score (nSPS) is 18.8. The van der Waals surface area contributed by atoms with Crippen molar-refractivity contribution in [3.8, 4) is 5.75 Å². The van der Waals surface area contributed by atoms with Crippen LogP contribution in [0.5, 0.6) is 5.75 Å². The predicted molar refractivity (Wildman–Crippen MR) is 123 cm³/mol. The van der Waals surface area contributed by atoms with Crippen LogP contribution < -0.4 is 10.1 Å². The first kappa shape index (κ1) is 23.7. The average Bonchev–Trinajstić information content (AvgIpc) is 2.70. The lowest BCUT2D eigenvalue weighted by atomic mass is 9.75. The van der Waals surface area contributed by atoms with E-state index in [9.17, 15) is 0 Å². The molecule has 0 heterocycles. The van der Waals surface area contributed by atoms with Crippen molar-refractivity contribution in [1.82, 2.24) is 5.32 Å². The minimum atomic E-state index is -1.79. The van der Waals surface area contributed by atoms with Gasteiger partial charge in [0.05, 0.1) is 18.2 Å². The molecule has 1 aromatic rings. The largest absolute Gasteiger partial charge is 0.496 e. The summed E-state index contributed by atoms with van der Waals surface area (Å²) in [6.45, 7) is 12.4. The van der Waals surface area contributed by atoms with Crippen molar-refractivity contribution >= 4 is 19.9 Å². The second kappa shape index (κ2) is 10.5. The fourth-order valence-corrected chi connectivity index (χ4v) is 7.48. The van der Waals surface area contributed by atoms with E-state index in [0.717, 1.165) is 41.0 Å². The molecule has 1 N–H and O–H groups in total. The number of benzene rings is 1. The molecular weight excluding hydrogens is 386 g/mol. The summed E-state index contributed by atoms with van der Waals surface area (Å²) in [5.41, 5.74) is 1.48. The zero-order chi connectivity index (χ0) is 20.8. The molecule has 0 amide bonds. The SMILES string of the molecule is CC[Si](CC)(CC)OC(CNC1CCC(C)(C)CC1)c1c(Cl)cccc1OC. The molecule has 28 heavy (non-hydrogen) atoms. The van der Waals surface area contributed by atoms with Gasteiger partial charge in [-0.25, -0.2) is 0 Å². The number of ether oxygens (including phenoxy) is 1. The van der Waals surface area contributed by atoms with Gasteiger partial charge in [0.2, 0.25) is 0 Å². The smallest absolute Gasteiger partial charge is 0.192 e. The van der Waals surface area contributed by atoms with Crippen molar-refractivity contribution in [2.24, 2.45) is 5.41 Å². The summed E-state index contributed by atoms with van der Waals surface area (Å²) >= 11 is 6.65. The van der Waals surface area contributed by atoms with Gasteiger partial charge in [0.25, 0.3) is 0 Å². The maximum absolute atomic E-state index is 6.94. The van der Waals surface area contributed by atoms with Crippen molar-refractivity contribution in [3.05, 3.63) is 28.8 Å². The summed E-state index contributed by atoms with van der Waals surface area (Å²) in [4.78, 5) is 0. The Labute approximate surface area is 178 Å². The summed E-state index contributed by atoms with van der Waals surface area (Å²) in [5, 5.41) is 4.55. The van der Waals surface area contributed by atoms with Gasteiger partial charge < -0.3 is 14.5 Å². The monoisotopic (exact) mass is 425 g/mol. The van der Waals surface area contributed by atoms with Crippen LogP contribution in [0.3, 0.4) is 0 Å². The third kappa shape index (κ3) is 5.98. The van der Waals surface area contributed by atoms with Crippen LogP contribution in [0.15, 0.2) is 18.2 Å². The van der Waals surface area contributed by atoms with Gasteiger partial charge in [-0.15, -0.1) is 0 Å². The first-order chi connectivity index (χ1) is 13.3. The maximum Gasteiger partial charge on any atom is 0.192 e. The number of halogens is 1. The Morgan fingerprint density at radius 2 is 1.75 bits per heavy atom. The van der Waals surface area contributed by atoms with Crippen LogP contribution in [-0.4, -0.2) is 28.0 Å². The lowest BCUT2D eigenvalue weighted by Crippen LogP contribution is -2.43. The van der Waals surface area contributed by atoms with Crippen LogP contribution >= 0.6 is 11.6 Å². The van der Waals surface area contributed by atoms with Crippen molar-refractivity contribution < 1.29 is 9.16 Å². The Bertz CT molecular complexity index is 600. The molecule has 1 saturated carbocycles. The van der Waals surface area contributed by atoms with Crippen molar-refractivity contribution in [1.29, 1.82) is 0 Å². The second-order valence-corrected chi connectivity index (χ2v) is 14.2. The summed E-state index contributed by atoms with van der Waals surface area (Å²) in [5.74, 6) is 0.829. The molecule has 1 aliphatic carbocycles. The van der Waals surface area contributed by atoms with E-state index >= 15 is 0 Å². The molecule has 0 spiro atoms. The minimum absolute atomic E-state index is 0.0647. The quantitative estimate of drug-likeness (QED) is 0.410. The molecule has 0 radical (unpaired) electrons. The van der Waals surface area contributed by atoms with Crippen molar-refractivity contribution in [3.63, 3.8) is 0 Å². The third-order valence-electron chi connectivity index (χ3n) is 6.81. The molecule has 1 atom stereocenters. The van der Waals surface area contributed by atoms with Gasteiger partial charge in [0.1, 0.15) is 5.75 Å². The number of methoxy groups -OCH3 is 1. The summed E-state index contributed by atoms with van der Waals surface area (Å²) in [7, 11) is -0.0705. The van der Waals surface area contributed by atoms with Gasteiger partial charge in [-0.05, 0) is 61.4 Å². The van der Waals surface area contributed by atoms with Gasteiger partial charge >= 0.3 is 0 Å². The molecule has 0 aromatic heterocycles. The van der Waals surface area contributed by atoms with E-state index < -0.39 is 8.32 Å². The number of nitrogens with one attached hydrogen (secondary N) is 1. The molecular formula is C23H40ClNO2Si. The number of rotatable bonds is 10. The van der Waals surface area contributed by atoms with E-state index in [0.29, 0.717) is 11.5 Å². The Morgan fingerprint density at radius 1 is 1.14 bits per heavy atom. The Balaban J connectivity index is 2.22. The average molecular weight is 426 g/mol. The van der Waals surface area contributed by atoms with Crippen LogP contribution in [-0.2, 0) is 4.43 Å². The maximum atomic E-state index is 6.94. The van der Waals surface area contributed by atoms with Gasteiger partial charge in [-0.3, -0.25) is 0 Å². The Kier molecular flexibility index (Phi) is 8.87. The molecule has 0 bridgehead atoms. The van der Waals surface area contributed by atoms with Gasteiger partial charge in [-0.2, -0.15) is 0 Å². The Hall–Kier alpha value is -0.553. The van der Waals surface area contributed by atoms with Gasteiger partial charge in [0, 0.05) is 18.2 Å². The van der Waals surface area contributed by atoms with E-state index in [2.05, 4.69) is 39.9 Å². The Morgan fingerprint density at radius 3 is 2.29 bits per heavy atom. The fraction of sp³-hybridized carbons (Fsp3) is 0.739. The molecule has 1 aromatic carbocycles. The lowest BCUT2D eigenvalue weighted by Gasteiger charge is -2.37. The molecule has 5 heteroatoms. The minimum Gasteiger partial charge on any atom is -0.496 e. The molecule has 2 rings (SSSR count). The zero-order valence-corrected chi connectivity index (χ0v) is 20.5. The highest BCUT2D eigenvalue weighted by Crippen LogP contribution is 2.39. The highest BCUT2D eigenvalue weighted by molar-refractivity contribution is 6.73. The third-order valence-corrected chi connectivity index (χ3v) is 11.8. The van der Waals surface area contributed by atoms with Crippen LogP contribution in [0.25, 0.3) is 0 Å². The van der Waals surface area contributed by atoms with E-state index in [1.165, 1.54) is 25.7 Å². The van der Waals surface area contributed by atoms with Crippen LogP contribution in [0.1, 0.15) is 72.0 Å². The number of hydrogen-bond donors (Lipinski definition) is 1. The summed E-state index contributed by atoms with van der Waals surface area (Å²) < 4.78 is 12.6. The van der Waals surface area contributed by atoms with E-state index in [4.69, 9.17) is 20.8 Å². The summed E-state index contributed by atoms with van der Waals surface area (Å²) in [6, 6.07) is 9.83. The van der Waals surface area contributed by atoms with E-state index in [1.807, 2.05) is 18.2 Å². The standard InChI is InChI=1S/C23H40ClNO2Si/c1-7-28(8-2,9-3)27-21(22-19(24)11-10-12-20(22)26-6)17-25-18-13-15-23(4,5)16-14-18/h10-12,18,21,25H,7-9,13-17H2,1-6H3. The van der Waals surface area contributed by atoms with Gasteiger partial charge in [-0.1, -0.05) is 52.3 Å². The topological polar surface area (TPSA) is 30.5 Å². The molecule has 1 aliphatic rings. The highest BCUT2D eigenvalue weighted by atomic mass is 35.5. The molecule has 1 unspecified atom stereocenters. The second-order valence-electron chi connectivity index (χ2n) is 9.05. The molecule has 0 aliphatic heterocycles. The van der Waals surface area contributed by atoms with Crippen molar-refractivity contribution in [2.45, 2.75) is 90.6 Å². The predicted octanol–water partition coefficient (Wildman–Crippen LogP) is 6.97. The first-order valence-corrected chi connectivity index (χ1v) is 13.9. The molecule has 3 nitrogen and oxygen atoms in total. The fourth-order valence-electron chi connectivity index (χ4n) is 4.39. The van der Waals surface area contributed by atoms with Crippen molar-refractivity contribution in [2.75, 3.05) is 13.7 Å². The lowest BCUT2D eigenvalue weighted by molar-refractivity contribution is 0.158. The zero-order valence-electron chi connectivity index (χ0n) is 18.7. The molecule has 0 saturated heterocycles. The van der Waals surface area contributed by atoms with E-state index in [1.54, 1.807) is 7.11 Å². The van der Waals surface area contributed by atoms with E-state index in [-0.39, 0.29) is 6.10 Å². The van der Waals surface area contributed by atoms with Crippen LogP contribution in [0.2, 0.25) is 23.2 Å². The van der Waals surface area contributed by atoms with Gasteiger partial charge in [0.15, 0.2) is 8.32 Å². The molecule has 1 fully saturated rings. The molecule has 160 valence electrons. The van der Waals surface area contributed by atoms with Crippen LogP contribution in [0, 0.1) is 5.41 Å². The summed E-state index contributed by atoms with van der Waals surface area (Å²) in [6.07, 6.45) is 4.96.